The monoisotopic (exact) mass is 776 g/mol. The fraction of sp³-hybridized carbons (Fsp3) is 0.286. The lowest BCUT2D eigenvalue weighted by Gasteiger charge is -2.27. The molecule has 3 heteroatoms. The van der Waals surface area contributed by atoms with Crippen LogP contribution in [0.5, 0.6) is 5.75 Å². The van der Waals surface area contributed by atoms with E-state index in [1.54, 1.807) is 0 Å². The van der Waals surface area contributed by atoms with Gasteiger partial charge in [0.25, 0.3) is 0 Å². The zero-order valence-electron chi connectivity index (χ0n) is 37.1. The van der Waals surface area contributed by atoms with Crippen molar-refractivity contribution in [3.8, 4) is 61.8 Å². The number of hydrogen-bond acceptors (Lipinski definition) is 3. The topological polar surface area (TPSA) is 46.0 Å². The predicted octanol–water partition coefficient (Wildman–Crippen LogP) is 15.2. The van der Waals surface area contributed by atoms with Crippen LogP contribution in [-0.2, 0) is 16.2 Å². The molecule has 0 spiro atoms. The summed E-state index contributed by atoms with van der Waals surface area (Å²) in [5, 5.41) is 12.2. The van der Waals surface area contributed by atoms with Crippen LogP contribution in [0.25, 0.3) is 56.0 Å². The molecule has 3 nitrogen and oxygen atoms in total. The van der Waals surface area contributed by atoms with Crippen LogP contribution in [0.3, 0.4) is 0 Å². The van der Waals surface area contributed by atoms with E-state index in [9.17, 15) is 5.11 Å². The van der Waals surface area contributed by atoms with Gasteiger partial charge in [-0.25, -0.2) is 4.98 Å². The van der Waals surface area contributed by atoms with Gasteiger partial charge in [-0.05, 0) is 134 Å². The maximum Gasteiger partial charge on any atom is 0.128 e. The number of nitrogens with zero attached hydrogens (tertiary/aromatic N) is 2. The second-order valence-electron chi connectivity index (χ2n) is 19.5. The van der Waals surface area contributed by atoms with Gasteiger partial charge in [0, 0.05) is 34.4 Å². The van der Waals surface area contributed by atoms with Crippen molar-refractivity contribution in [3.05, 3.63) is 173 Å². The van der Waals surface area contributed by atoms with Gasteiger partial charge in [-0.1, -0.05) is 148 Å². The number of hydrogen-bond donors (Lipinski definition) is 1. The fourth-order valence-corrected chi connectivity index (χ4v) is 8.09. The molecular formula is C56H60N2O. The quantitative estimate of drug-likeness (QED) is 0.175. The number of phenolic OH excluding ortho intramolecular Hbond substituents is 1. The Hall–Kier alpha value is -5.80. The first-order chi connectivity index (χ1) is 27.8. The lowest BCUT2D eigenvalue weighted by atomic mass is 9.78. The second-order valence-corrected chi connectivity index (χ2v) is 19.5. The molecule has 59 heavy (non-hydrogen) atoms. The second kappa shape index (κ2) is 15.8. The van der Waals surface area contributed by atoms with Crippen molar-refractivity contribution in [2.45, 2.75) is 105 Å². The fourth-order valence-electron chi connectivity index (χ4n) is 8.09. The summed E-state index contributed by atoms with van der Waals surface area (Å²) in [6.45, 7) is 26.6. The van der Waals surface area contributed by atoms with E-state index < -0.39 is 0 Å². The van der Waals surface area contributed by atoms with Crippen LogP contribution >= 0.6 is 0 Å². The van der Waals surface area contributed by atoms with E-state index in [1.807, 2.05) is 6.20 Å². The molecule has 2 aromatic heterocycles. The van der Waals surface area contributed by atoms with Crippen molar-refractivity contribution < 1.29 is 5.11 Å². The third-order valence-corrected chi connectivity index (χ3v) is 11.8. The lowest BCUT2D eigenvalue weighted by molar-refractivity contribution is 0.446. The van der Waals surface area contributed by atoms with Crippen LogP contribution in [0.4, 0.5) is 0 Å². The van der Waals surface area contributed by atoms with E-state index >= 15 is 0 Å². The van der Waals surface area contributed by atoms with Crippen LogP contribution < -0.4 is 0 Å². The largest absolute Gasteiger partial charge is 0.507 e. The van der Waals surface area contributed by atoms with E-state index in [4.69, 9.17) is 9.97 Å². The highest BCUT2D eigenvalue weighted by atomic mass is 16.3. The molecule has 0 saturated carbocycles. The molecule has 7 aromatic rings. The molecule has 0 bridgehead atoms. The summed E-state index contributed by atoms with van der Waals surface area (Å²) in [5.41, 5.74) is 17.6. The number of benzene rings is 5. The molecule has 300 valence electrons. The maximum absolute atomic E-state index is 12.2. The van der Waals surface area contributed by atoms with Gasteiger partial charge in [-0.15, -0.1) is 0 Å². The normalized spacial score (nSPS) is 12.7. The molecule has 0 aliphatic carbocycles. The van der Waals surface area contributed by atoms with Gasteiger partial charge in [0.1, 0.15) is 5.75 Å². The Morgan fingerprint density at radius 2 is 1.03 bits per heavy atom. The molecule has 1 unspecified atom stereocenters. The molecule has 0 amide bonds. The third kappa shape index (κ3) is 8.81. The van der Waals surface area contributed by atoms with Crippen LogP contribution in [0, 0.1) is 13.8 Å². The Labute approximate surface area is 353 Å². The Balaban J connectivity index is 1.45. The SMILES string of the molecule is Cc1cccc(C)c1-c1ccnc(-c2cc(-c3cc(-c4ccc(C(C)c5ccccc5)cc4)cc(-c4cc(C(C)(C)C)cc(C(C)(C)C)c4O)n3)cc(C(C)(C)C)c2)c1. The van der Waals surface area contributed by atoms with Crippen LogP contribution in [-0.4, -0.2) is 15.1 Å². The molecule has 0 fully saturated rings. The van der Waals surface area contributed by atoms with E-state index in [0.29, 0.717) is 0 Å². The van der Waals surface area contributed by atoms with Crippen molar-refractivity contribution in [1.82, 2.24) is 9.97 Å². The molecule has 0 radical (unpaired) electrons. The number of aryl methyl sites for hydroxylation is 2. The van der Waals surface area contributed by atoms with Crippen molar-refractivity contribution >= 4 is 0 Å². The molecule has 1 atom stereocenters. The highest BCUT2D eigenvalue weighted by Crippen LogP contribution is 2.44. The lowest BCUT2D eigenvalue weighted by Crippen LogP contribution is -2.17. The standard InChI is InChI=1S/C56H60N2O/c1-35-17-16-18-36(2)52(35)41-25-26-57-49(30-41)43-27-44(29-45(28-43)54(4,5)6)50-31-42(40-23-21-39(22-24-40)37(3)38-19-14-13-15-20-38)32-51(58-50)47-33-46(55(7,8)9)34-48(53(47)59)56(10,11)12/h13-34,37,59H,1-12H3. The van der Waals surface area contributed by atoms with Gasteiger partial charge >= 0.3 is 0 Å². The smallest absolute Gasteiger partial charge is 0.128 e. The van der Waals surface area contributed by atoms with Crippen LogP contribution in [0.1, 0.15) is 114 Å². The predicted molar refractivity (Wildman–Crippen MR) is 250 cm³/mol. The molecule has 0 aliphatic rings. The highest BCUT2D eigenvalue weighted by molar-refractivity contribution is 5.82. The number of phenols is 1. The summed E-state index contributed by atoms with van der Waals surface area (Å²) in [7, 11) is 0. The summed E-state index contributed by atoms with van der Waals surface area (Å²) in [6.07, 6.45) is 1.93. The molecule has 2 heterocycles. The van der Waals surface area contributed by atoms with Gasteiger partial charge in [0.15, 0.2) is 0 Å². The van der Waals surface area contributed by atoms with E-state index in [0.717, 1.165) is 61.6 Å². The first kappa shape index (κ1) is 41.4. The minimum Gasteiger partial charge on any atom is -0.507 e. The first-order valence-electron chi connectivity index (χ1n) is 21.0. The van der Waals surface area contributed by atoms with E-state index in [-0.39, 0.29) is 27.9 Å². The van der Waals surface area contributed by atoms with Crippen molar-refractivity contribution in [2.75, 3.05) is 0 Å². The molecular weight excluding hydrogens is 717 g/mol. The third-order valence-electron chi connectivity index (χ3n) is 11.8. The summed E-state index contributed by atoms with van der Waals surface area (Å²) in [4.78, 5) is 10.4. The van der Waals surface area contributed by atoms with Crippen LogP contribution in [0.15, 0.2) is 134 Å². The number of aromatic nitrogens is 2. The highest BCUT2D eigenvalue weighted by Gasteiger charge is 2.27. The Morgan fingerprint density at radius 3 is 1.64 bits per heavy atom. The zero-order chi connectivity index (χ0) is 42.4. The van der Waals surface area contributed by atoms with E-state index in [2.05, 4.69) is 210 Å². The maximum atomic E-state index is 12.2. The average molecular weight is 777 g/mol. The van der Waals surface area contributed by atoms with Crippen molar-refractivity contribution in [3.63, 3.8) is 0 Å². The summed E-state index contributed by atoms with van der Waals surface area (Å²) in [6, 6.07) is 45.9. The number of pyridine rings is 2. The Morgan fingerprint density at radius 1 is 0.475 bits per heavy atom. The van der Waals surface area contributed by atoms with Gasteiger partial charge in [0.05, 0.1) is 17.1 Å². The van der Waals surface area contributed by atoms with Gasteiger partial charge in [-0.3, -0.25) is 4.98 Å². The van der Waals surface area contributed by atoms with Gasteiger partial charge in [-0.2, -0.15) is 0 Å². The summed E-state index contributed by atoms with van der Waals surface area (Å²) >= 11 is 0. The van der Waals surface area contributed by atoms with E-state index in [1.165, 1.54) is 33.4 Å². The zero-order valence-corrected chi connectivity index (χ0v) is 37.1. The van der Waals surface area contributed by atoms with Crippen molar-refractivity contribution in [1.29, 1.82) is 0 Å². The Kier molecular flexibility index (Phi) is 11.0. The minimum absolute atomic E-state index is 0.136. The molecule has 0 saturated heterocycles. The summed E-state index contributed by atoms with van der Waals surface area (Å²) < 4.78 is 0. The average Bonchev–Trinajstić information content (AvgIpc) is 3.19. The summed E-state index contributed by atoms with van der Waals surface area (Å²) in [5.74, 6) is 0.548. The van der Waals surface area contributed by atoms with Gasteiger partial charge in [0.2, 0.25) is 0 Å². The molecule has 5 aromatic carbocycles. The van der Waals surface area contributed by atoms with Crippen molar-refractivity contribution in [2.24, 2.45) is 0 Å². The molecule has 0 aliphatic heterocycles. The Bertz CT molecular complexity index is 2610. The minimum atomic E-state index is -0.278. The molecule has 7 rings (SSSR count). The van der Waals surface area contributed by atoms with Gasteiger partial charge < -0.3 is 5.11 Å². The number of rotatable bonds is 7. The van der Waals surface area contributed by atoms with Crippen LogP contribution in [0.2, 0.25) is 0 Å². The molecule has 1 N–H and O–H groups in total. The number of aromatic hydroxyl groups is 1. The first-order valence-corrected chi connectivity index (χ1v) is 21.0.